The van der Waals surface area contributed by atoms with Crippen molar-refractivity contribution in [3.8, 4) is 5.75 Å². The summed E-state index contributed by atoms with van der Waals surface area (Å²) >= 11 is 0. The molecule has 4 heteroatoms. The minimum Gasteiger partial charge on any atom is -0.461 e. The fourth-order valence-corrected chi connectivity index (χ4v) is 2.22. The van der Waals surface area contributed by atoms with Crippen LogP contribution in [0.5, 0.6) is 5.75 Å². The SMILES string of the molecule is CC(=O)CC1=CC(C)(C)c2c(cc(C)oc2=O)O1. The first kappa shape index (κ1) is 12.6. The molecule has 96 valence electrons. The summed E-state index contributed by atoms with van der Waals surface area (Å²) in [5, 5.41) is 0. The highest BCUT2D eigenvalue weighted by Crippen LogP contribution is 2.37. The van der Waals surface area contributed by atoms with Crippen LogP contribution in [-0.2, 0) is 10.2 Å². The van der Waals surface area contributed by atoms with Gasteiger partial charge >= 0.3 is 5.63 Å². The molecule has 1 aliphatic rings. The minimum absolute atomic E-state index is 0.0280. The highest BCUT2D eigenvalue weighted by Gasteiger charge is 2.32. The molecule has 1 aromatic heterocycles. The Bertz CT molecular complexity index is 590. The van der Waals surface area contributed by atoms with Crippen molar-refractivity contribution in [3.05, 3.63) is 39.6 Å². The van der Waals surface area contributed by atoms with Crippen LogP contribution in [0.1, 0.15) is 38.5 Å². The van der Waals surface area contributed by atoms with Crippen LogP contribution >= 0.6 is 0 Å². The lowest BCUT2D eigenvalue weighted by atomic mass is 9.82. The van der Waals surface area contributed by atoms with Crippen LogP contribution in [0.3, 0.4) is 0 Å². The zero-order valence-corrected chi connectivity index (χ0v) is 11.0. The quantitative estimate of drug-likeness (QED) is 0.806. The lowest BCUT2D eigenvalue weighted by Crippen LogP contribution is -2.29. The van der Waals surface area contributed by atoms with Crippen molar-refractivity contribution >= 4 is 5.78 Å². The largest absolute Gasteiger partial charge is 0.461 e. The number of allylic oxidation sites excluding steroid dienone is 2. The van der Waals surface area contributed by atoms with E-state index in [-0.39, 0.29) is 17.8 Å². The molecule has 0 amide bonds. The summed E-state index contributed by atoms with van der Waals surface area (Å²) < 4.78 is 10.7. The van der Waals surface area contributed by atoms with E-state index in [1.807, 2.05) is 19.9 Å². The van der Waals surface area contributed by atoms with E-state index in [4.69, 9.17) is 9.15 Å². The lowest BCUT2D eigenvalue weighted by Gasteiger charge is -2.28. The van der Waals surface area contributed by atoms with Gasteiger partial charge in [0, 0.05) is 11.5 Å². The third kappa shape index (κ3) is 2.23. The van der Waals surface area contributed by atoms with Crippen molar-refractivity contribution in [1.29, 1.82) is 0 Å². The van der Waals surface area contributed by atoms with Gasteiger partial charge in [0.15, 0.2) is 0 Å². The number of aryl methyl sites for hydroxylation is 1. The van der Waals surface area contributed by atoms with Crippen molar-refractivity contribution in [2.45, 2.75) is 39.5 Å². The van der Waals surface area contributed by atoms with Crippen molar-refractivity contribution in [2.75, 3.05) is 0 Å². The average Bonchev–Trinajstić information content (AvgIpc) is 2.11. The molecule has 0 N–H and O–H groups in total. The Morgan fingerprint density at radius 2 is 2.06 bits per heavy atom. The van der Waals surface area contributed by atoms with Gasteiger partial charge < -0.3 is 9.15 Å². The molecular weight excluding hydrogens is 232 g/mol. The monoisotopic (exact) mass is 248 g/mol. The summed E-state index contributed by atoms with van der Waals surface area (Å²) in [5.74, 6) is 1.61. The molecule has 0 saturated carbocycles. The maximum atomic E-state index is 11.9. The Morgan fingerprint density at radius 1 is 1.39 bits per heavy atom. The Morgan fingerprint density at radius 3 is 2.67 bits per heavy atom. The molecule has 0 atom stereocenters. The maximum Gasteiger partial charge on any atom is 0.343 e. The molecule has 1 aliphatic heterocycles. The molecule has 1 aromatic rings. The number of ether oxygens (including phenoxy) is 1. The van der Waals surface area contributed by atoms with Crippen LogP contribution in [0.2, 0.25) is 0 Å². The van der Waals surface area contributed by atoms with E-state index < -0.39 is 5.41 Å². The molecule has 0 aromatic carbocycles. The number of rotatable bonds is 2. The molecule has 2 heterocycles. The highest BCUT2D eigenvalue weighted by atomic mass is 16.5. The number of carbonyl (C=O) groups excluding carboxylic acids is 1. The molecular formula is C14H16O4. The number of carbonyl (C=O) groups is 1. The van der Waals surface area contributed by atoms with Crippen LogP contribution in [0.25, 0.3) is 0 Å². The van der Waals surface area contributed by atoms with E-state index >= 15 is 0 Å². The second-order valence-corrected chi connectivity index (χ2v) is 5.20. The summed E-state index contributed by atoms with van der Waals surface area (Å²) in [6.07, 6.45) is 2.05. The van der Waals surface area contributed by atoms with Gasteiger partial charge in [0.25, 0.3) is 0 Å². The topological polar surface area (TPSA) is 56.5 Å². The van der Waals surface area contributed by atoms with Crippen LogP contribution in [-0.4, -0.2) is 5.78 Å². The van der Waals surface area contributed by atoms with E-state index in [0.29, 0.717) is 22.8 Å². The fourth-order valence-electron chi connectivity index (χ4n) is 2.22. The average molecular weight is 248 g/mol. The van der Waals surface area contributed by atoms with E-state index in [2.05, 4.69) is 0 Å². The molecule has 0 aliphatic carbocycles. The first-order valence-electron chi connectivity index (χ1n) is 5.84. The Kier molecular flexibility index (Phi) is 2.89. The molecule has 0 radical (unpaired) electrons. The molecule has 0 unspecified atom stereocenters. The number of ketones is 1. The van der Waals surface area contributed by atoms with Crippen LogP contribution in [0, 0.1) is 6.92 Å². The Hall–Kier alpha value is -1.84. The van der Waals surface area contributed by atoms with Crippen LogP contribution in [0.4, 0.5) is 0 Å². The van der Waals surface area contributed by atoms with Crippen molar-refractivity contribution < 1.29 is 13.9 Å². The zero-order valence-electron chi connectivity index (χ0n) is 11.0. The summed E-state index contributed by atoms with van der Waals surface area (Å²) in [6, 6.07) is 1.69. The standard InChI is InChI=1S/C14H16O4/c1-8(15)5-10-7-14(3,4)12-11(18-10)6-9(2)17-13(12)16/h6-7H,5H2,1-4H3. The van der Waals surface area contributed by atoms with E-state index in [1.54, 1.807) is 13.0 Å². The first-order chi connectivity index (χ1) is 8.29. The van der Waals surface area contributed by atoms with Gasteiger partial charge in [-0.15, -0.1) is 0 Å². The molecule has 0 bridgehead atoms. The van der Waals surface area contributed by atoms with Crippen LogP contribution in [0.15, 0.2) is 27.1 Å². The minimum atomic E-state index is -0.493. The zero-order chi connectivity index (χ0) is 13.5. The number of Topliss-reactive ketones (excluding diaryl/α,β-unsaturated/α-hetero) is 1. The summed E-state index contributed by atoms with van der Waals surface area (Å²) in [4.78, 5) is 23.1. The summed E-state index contributed by atoms with van der Waals surface area (Å²) in [6.45, 7) is 7.01. The van der Waals surface area contributed by atoms with Gasteiger partial charge in [-0.2, -0.15) is 0 Å². The van der Waals surface area contributed by atoms with Crippen molar-refractivity contribution in [3.63, 3.8) is 0 Å². The smallest absolute Gasteiger partial charge is 0.343 e. The van der Waals surface area contributed by atoms with Gasteiger partial charge in [-0.05, 0) is 19.9 Å². The fraction of sp³-hybridized carbons (Fsp3) is 0.429. The van der Waals surface area contributed by atoms with Crippen molar-refractivity contribution in [2.24, 2.45) is 0 Å². The second kappa shape index (κ2) is 4.12. The highest BCUT2D eigenvalue weighted by molar-refractivity contribution is 5.78. The molecule has 18 heavy (non-hydrogen) atoms. The molecule has 0 saturated heterocycles. The summed E-state index contributed by atoms with van der Waals surface area (Å²) in [5.41, 5.74) is -0.374. The Balaban J connectivity index is 2.54. The second-order valence-electron chi connectivity index (χ2n) is 5.20. The van der Waals surface area contributed by atoms with Gasteiger partial charge in [-0.25, -0.2) is 4.79 Å². The van der Waals surface area contributed by atoms with Crippen molar-refractivity contribution in [1.82, 2.24) is 0 Å². The first-order valence-corrected chi connectivity index (χ1v) is 5.84. The van der Waals surface area contributed by atoms with E-state index in [0.717, 1.165) is 0 Å². The predicted octanol–water partition coefficient (Wildman–Crippen LogP) is 2.48. The van der Waals surface area contributed by atoms with Gasteiger partial charge in [0.1, 0.15) is 23.1 Å². The lowest BCUT2D eigenvalue weighted by molar-refractivity contribution is -0.116. The van der Waals surface area contributed by atoms with E-state index in [1.165, 1.54) is 6.92 Å². The van der Waals surface area contributed by atoms with Gasteiger partial charge in [0.05, 0.1) is 12.0 Å². The predicted molar refractivity (Wildman–Crippen MR) is 66.8 cm³/mol. The molecule has 2 rings (SSSR count). The van der Waals surface area contributed by atoms with Gasteiger partial charge in [-0.3, -0.25) is 4.79 Å². The third-order valence-corrected chi connectivity index (χ3v) is 2.87. The normalized spacial score (nSPS) is 16.6. The molecule has 0 spiro atoms. The Labute approximate surface area is 105 Å². The third-order valence-electron chi connectivity index (χ3n) is 2.87. The van der Waals surface area contributed by atoms with E-state index in [9.17, 15) is 9.59 Å². The number of fused-ring (bicyclic) bond motifs is 1. The number of hydrogen-bond acceptors (Lipinski definition) is 4. The molecule has 4 nitrogen and oxygen atoms in total. The summed E-state index contributed by atoms with van der Waals surface area (Å²) in [7, 11) is 0. The van der Waals surface area contributed by atoms with Gasteiger partial charge in [0.2, 0.25) is 0 Å². The molecule has 0 fully saturated rings. The van der Waals surface area contributed by atoms with Gasteiger partial charge in [-0.1, -0.05) is 13.8 Å². The maximum absolute atomic E-state index is 11.9. The van der Waals surface area contributed by atoms with Crippen LogP contribution < -0.4 is 10.4 Å². The number of hydrogen-bond donors (Lipinski definition) is 0.